The molecule has 1 aromatic heterocycles. The molecule has 0 saturated heterocycles. The second kappa shape index (κ2) is 6.10. The summed E-state index contributed by atoms with van der Waals surface area (Å²) in [7, 11) is 1.26. The van der Waals surface area contributed by atoms with Crippen molar-refractivity contribution in [1.29, 1.82) is 0 Å². The Morgan fingerprint density at radius 3 is 2.65 bits per heavy atom. The normalized spacial score (nSPS) is 10.5. The molecule has 0 aliphatic carbocycles. The van der Waals surface area contributed by atoms with Gasteiger partial charge in [-0.15, -0.1) is 0 Å². The minimum Gasteiger partial charge on any atom is -0.465 e. The van der Waals surface area contributed by atoms with Gasteiger partial charge in [0.15, 0.2) is 0 Å². The molecule has 0 spiro atoms. The molecule has 3 rings (SSSR count). The second-order valence-electron chi connectivity index (χ2n) is 4.74. The Hall–Kier alpha value is -2.86. The fourth-order valence-corrected chi connectivity index (χ4v) is 2.36. The largest absolute Gasteiger partial charge is 0.465 e. The van der Waals surface area contributed by atoms with E-state index >= 15 is 0 Å². The molecule has 23 heavy (non-hydrogen) atoms. The predicted octanol–water partition coefficient (Wildman–Crippen LogP) is 3.26. The monoisotopic (exact) mass is 329 g/mol. The van der Waals surface area contributed by atoms with Gasteiger partial charge in [-0.25, -0.2) is 9.78 Å². The van der Waals surface area contributed by atoms with Gasteiger partial charge in [-0.2, -0.15) is 0 Å². The maximum Gasteiger partial charge on any atom is 0.338 e. The van der Waals surface area contributed by atoms with Crippen LogP contribution in [0.4, 0.5) is 5.95 Å². The summed E-state index contributed by atoms with van der Waals surface area (Å²) in [6.07, 6.45) is 0. The van der Waals surface area contributed by atoms with Gasteiger partial charge >= 0.3 is 5.97 Å². The van der Waals surface area contributed by atoms with Crippen molar-refractivity contribution >= 4 is 40.5 Å². The fourth-order valence-electron chi connectivity index (χ4n) is 2.18. The summed E-state index contributed by atoms with van der Waals surface area (Å²) in [5, 5.41) is 3.19. The molecule has 0 aliphatic heterocycles. The molecule has 0 unspecified atom stereocenters. The standard InChI is InChI=1S/C16H12ClN3O3/c1-23-15(22)11-5-3-2-4-10(11)14(21)20-16-18-12-7-6-9(17)8-13(12)19-16/h2-8H,1H3,(H2,18,19,20,21). The highest BCUT2D eigenvalue weighted by Gasteiger charge is 2.18. The molecule has 2 N–H and O–H groups in total. The van der Waals surface area contributed by atoms with Gasteiger partial charge in [-0.1, -0.05) is 23.7 Å². The number of hydrogen-bond acceptors (Lipinski definition) is 4. The smallest absolute Gasteiger partial charge is 0.338 e. The third-order valence-corrected chi connectivity index (χ3v) is 3.49. The Balaban J connectivity index is 1.90. The molecule has 1 amide bonds. The van der Waals surface area contributed by atoms with Gasteiger partial charge in [0.1, 0.15) is 0 Å². The Kier molecular flexibility index (Phi) is 3.99. The van der Waals surface area contributed by atoms with Crippen LogP contribution in [0.2, 0.25) is 5.02 Å². The number of benzene rings is 2. The Morgan fingerprint density at radius 1 is 1.17 bits per heavy atom. The van der Waals surface area contributed by atoms with E-state index in [2.05, 4.69) is 20.0 Å². The first-order valence-corrected chi connectivity index (χ1v) is 7.10. The second-order valence-corrected chi connectivity index (χ2v) is 5.17. The van der Waals surface area contributed by atoms with Crippen LogP contribution in [0.1, 0.15) is 20.7 Å². The van der Waals surface area contributed by atoms with Crippen LogP contribution in [0.15, 0.2) is 42.5 Å². The third kappa shape index (κ3) is 3.02. The molecule has 0 atom stereocenters. The maximum atomic E-state index is 12.4. The van der Waals surface area contributed by atoms with Crippen LogP contribution >= 0.6 is 11.6 Å². The number of nitrogens with one attached hydrogen (secondary N) is 2. The molecule has 0 aliphatic rings. The van der Waals surface area contributed by atoms with Crippen molar-refractivity contribution in [3.05, 3.63) is 58.6 Å². The Labute approximate surface area is 136 Å². The molecule has 0 fully saturated rings. The number of aromatic nitrogens is 2. The molecule has 3 aromatic rings. The molecule has 0 saturated carbocycles. The van der Waals surface area contributed by atoms with E-state index in [9.17, 15) is 9.59 Å². The fraction of sp³-hybridized carbons (Fsp3) is 0.0625. The van der Waals surface area contributed by atoms with E-state index in [0.29, 0.717) is 16.1 Å². The van der Waals surface area contributed by atoms with Crippen LogP contribution < -0.4 is 5.32 Å². The third-order valence-electron chi connectivity index (χ3n) is 3.25. The summed E-state index contributed by atoms with van der Waals surface area (Å²) < 4.78 is 4.68. The van der Waals surface area contributed by atoms with Gasteiger partial charge < -0.3 is 9.72 Å². The predicted molar refractivity (Wildman–Crippen MR) is 86.8 cm³/mol. The number of halogens is 1. The molecular weight excluding hydrogens is 318 g/mol. The number of anilines is 1. The zero-order valence-corrected chi connectivity index (χ0v) is 12.8. The minimum atomic E-state index is -0.577. The number of carbonyl (C=O) groups is 2. The average Bonchev–Trinajstić information content (AvgIpc) is 2.95. The van der Waals surface area contributed by atoms with Crippen LogP contribution in [0.25, 0.3) is 11.0 Å². The van der Waals surface area contributed by atoms with Crippen LogP contribution in [0.3, 0.4) is 0 Å². The number of hydrogen-bond donors (Lipinski definition) is 2. The lowest BCUT2D eigenvalue weighted by molar-refractivity contribution is 0.0597. The lowest BCUT2D eigenvalue weighted by Gasteiger charge is -2.06. The van der Waals surface area contributed by atoms with E-state index in [1.54, 1.807) is 36.4 Å². The van der Waals surface area contributed by atoms with E-state index in [1.807, 2.05) is 0 Å². The van der Waals surface area contributed by atoms with E-state index in [4.69, 9.17) is 11.6 Å². The number of esters is 1. The first-order valence-electron chi connectivity index (χ1n) is 6.72. The topological polar surface area (TPSA) is 84.1 Å². The Morgan fingerprint density at radius 2 is 1.91 bits per heavy atom. The van der Waals surface area contributed by atoms with Gasteiger partial charge in [-0.3, -0.25) is 10.1 Å². The maximum absolute atomic E-state index is 12.4. The van der Waals surface area contributed by atoms with Gasteiger partial charge in [-0.05, 0) is 30.3 Å². The highest BCUT2D eigenvalue weighted by atomic mass is 35.5. The quantitative estimate of drug-likeness (QED) is 0.722. The number of ether oxygens (including phenoxy) is 1. The first kappa shape index (κ1) is 15.1. The molecular formula is C16H12ClN3O3. The van der Waals surface area contributed by atoms with Crippen molar-refractivity contribution in [2.24, 2.45) is 0 Å². The number of fused-ring (bicyclic) bond motifs is 1. The number of methoxy groups -OCH3 is 1. The van der Waals surface area contributed by atoms with E-state index in [0.717, 1.165) is 0 Å². The van der Waals surface area contributed by atoms with Gasteiger partial charge in [0, 0.05) is 5.02 Å². The number of imidazole rings is 1. The van der Waals surface area contributed by atoms with Crippen molar-refractivity contribution < 1.29 is 14.3 Å². The van der Waals surface area contributed by atoms with E-state index in [-0.39, 0.29) is 17.1 Å². The minimum absolute atomic E-state index is 0.187. The van der Waals surface area contributed by atoms with Crippen molar-refractivity contribution in [3.63, 3.8) is 0 Å². The lowest BCUT2D eigenvalue weighted by atomic mass is 10.1. The number of nitrogens with zero attached hydrogens (tertiary/aromatic N) is 1. The van der Waals surface area contributed by atoms with Crippen LogP contribution in [0.5, 0.6) is 0 Å². The van der Waals surface area contributed by atoms with Gasteiger partial charge in [0.05, 0.1) is 29.3 Å². The molecule has 1 heterocycles. The van der Waals surface area contributed by atoms with E-state index < -0.39 is 11.9 Å². The lowest BCUT2D eigenvalue weighted by Crippen LogP contribution is -2.17. The summed E-state index contributed by atoms with van der Waals surface area (Å²) in [5.74, 6) is -0.768. The van der Waals surface area contributed by atoms with Crippen molar-refractivity contribution in [2.45, 2.75) is 0 Å². The van der Waals surface area contributed by atoms with Crippen molar-refractivity contribution in [1.82, 2.24) is 9.97 Å². The number of aromatic amines is 1. The number of carbonyl (C=O) groups excluding carboxylic acids is 2. The molecule has 0 radical (unpaired) electrons. The zero-order chi connectivity index (χ0) is 16.4. The van der Waals surface area contributed by atoms with Crippen molar-refractivity contribution in [3.8, 4) is 0 Å². The molecule has 116 valence electrons. The summed E-state index contributed by atoms with van der Waals surface area (Å²) in [6.45, 7) is 0. The van der Waals surface area contributed by atoms with Crippen LogP contribution in [0, 0.1) is 0 Å². The van der Waals surface area contributed by atoms with Gasteiger partial charge in [0.25, 0.3) is 5.91 Å². The molecule has 7 heteroatoms. The number of H-pyrrole nitrogens is 1. The summed E-state index contributed by atoms with van der Waals surface area (Å²) in [4.78, 5) is 31.3. The molecule has 2 aromatic carbocycles. The average molecular weight is 330 g/mol. The highest BCUT2D eigenvalue weighted by molar-refractivity contribution is 6.31. The van der Waals surface area contributed by atoms with Crippen molar-refractivity contribution in [2.75, 3.05) is 12.4 Å². The molecule has 6 nitrogen and oxygen atoms in total. The van der Waals surface area contributed by atoms with Crippen LogP contribution in [-0.2, 0) is 4.74 Å². The highest BCUT2D eigenvalue weighted by Crippen LogP contribution is 2.20. The van der Waals surface area contributed by atoms with Gasteiger partial charge in [0.2, 0.25) is 5.95 Å². The number of rotatable bonds is 3. The summed E-state index contributed by atoms with van der Waals surface area (Å²) in [6, 6.07) is 11.6. The summed E-state index contributed by atoms with van der Waals surface area (Å²) in [5.41, 5.74) is 1.77. The Bertz CT molecular complexity index is 904. The number of amides is 1. The zero-order valence-electron chi connectivity index (χ0n) is 12.1. The molecule has 0 bridgehead atoms. The summed E-state index contributed by atoms with van der Waals surface area (Å²) >= 11 is 5.91. The first-order chi connectivity index (χ1) is 11.1. The van der Waals surface area contributed by atoms with Crippen LogP contribution in [-0.4, -0.2) is 29.0 Å². The SMILES string of the molecule is COC(=O)c1ccccc1C(=O)Nc1nc2ccc(Cl)cc2[nH]1. The van der Waals surface area contributed by atoms with E-state index in [1.165, 1.54) is 13.2 Å².